The Kier molecular flexibility index (Phi) is 5.34. The van der Waals surface area contributed by atoms with Gasteiger partial charge in [-0.15, -0.1) is 4.57 Å². The molecular weight excluding hydrogens is 414 g/mol. The molecule has 0 radical (unpaired) electrons. The molecule has 1 unspecified atom stereocenters. The second kappa shape index (κ2) is 8.45. The molecule has 4 aromatic rings. The van der Waals surface area contributed by atoms with Crippen molar-refractivity contribution in [3.8, 4) is 0 Å². The molecule has 164 valence electrons. The Morgan fingerprint density at radius 2 is 2.03 bits per heavy atom. The first kappa shape index (κ1) is 20.2. The highest BCUT2D eigenvalue weighted by Crippen LogP contribution is 2.32. The Morgan fingerprint density at radius 1 is 1.19 bits per heavy atom. The molecule has 1 aliphatic rings. The van der Waals surface area contributed by atoms with Gasteiger partial charge in [0.05, 0.1) is 37.9 Å². The fraction of sp³-hybridized carbons (Fsp3) is 0.261. The molecule has 2 aromatic carbocycles. The summed E-state index contributed by atoms with van der Waals surface area (Å²) < 4.78 is 23.3. The minimum Gasteiger partial charge on any atom is -0.464 e. The molecule has 0 amide bonds. The van der Waals surface area contributed by atoms with Gasteiger partial charge < -0.3 is 23.6 Å². The molecule has 9 nitrogen and oxygen atoms in total. The molecule has 2 aromatic heterocycles. The van der Waals surface area contributed by atoms with Crippen LogP contribution < -0.4 is 10.5 Å². The molecule has 0 aliphatic carbocycles. The van der Waals surface area contributed by atoms with E-state index in [0.717, 1.165) is 21.9 Å². The van der Waals surface area contributed by atoms with Crippen LogP contribution in [0.15, 0.2) is 63.9 Å². The van der Waals surface area contributed by atoms with E-state index in [-0.39, 0.29) is 11.3 Å². The van der Waals surface area contributed by atoms with E-state index in [4.69, 9.17) is 18.7 Å². The lowest BCUT2D eigenvalue weighted by Gasteiger charge is -2.34. The Labute approximate surface area is 182 Å². The molecule has 0 N–H and O–H groups in total. The largest absolute Gasteiger partial charge is 0.464 e. The van der Waals surface area contributed by atoms with Gasteiger partial charge >= 0.3 is 5.97 Å². The number of morpholine rings is 1. The van der Waals surface area contributed by atoms with Crippen molar-refractivity contribution < 1.29 is 23.5 Å². The normalized spacial score (nSPS) is 16.5. The van der Waals surface area contributed by atoms with Crippen LogP contribution in [-0.4, -0.2) is 48.6 Å². The van der Waals surface area contributed by atoms with Crippen LogP contribution in [0.3, 0.4) is 0 Å². The number of esters is 1. The number of hydrogen-bond donors (Lipinski definition) is 0. The van der Waals surface area contributed by atoms with E-state index in [2.05, 4.69) is 9.88 Å². The highest BCUT2D eigenvalue weighted by Gasteiger charge is 2.25. The van der Waals surface area contributed by atoms with E-state index in [1.165, 1.54) is 7.11 Å². The van der Waals surface area contributed by atoms with E-state index in [1.54, 1.807) is 6.07 Å². The molecule has 1 aliphatic heterocycles. The van der Waals surface area contributed by atoms with Crippen LogP contribution in [0.2, 0.25) is 0 Å². The number of hydrogen-bond acceptors (Lipinski definition) is 8. The van der Waals surface area contributed by atoms with Crippen LogP contribution in [0.5, 0.6) is 0 Å². The van der Waals surface area contributed by atoms with Crippen LogP contribution in [-0.2, 0) is 20.8 Å². The number of anilines is 1. The lowest BCUT2D eigenvalue weighted by Crippen LogP contribution is -2.43. The van der Waals surface area contributed by atoms with Crippen LogP contribution in [0, 0.1) is 0 Å². The standard InChI is InChI=1S/C23H21N3O6/c1-29-23(28)16-12-19(27)26-22(24-16)21-17(8-5-9-18(21)32-26)25-10-11-30-20(13-25)31-14-15-6-3-2-4-7-15/h2-9,12,20H,10-11,13-14H2,1H3. The zero-order valence-corrected chi connectivity index (χ0v) is 17.4. The number of methoxy groups -OCH3 is 1. The lowest BCUT2D eigenvalue weighted by atomic mass is 10.2. The van der Waals surface area contributed by atoms with Gasteiger partial charge in [-0.25, -0.2) is 9.78 Å². The van der Waals surface area contributed by atoms with Crippen molar-refractivity contribution in [2.24, 2.45) is 0 Å². The number of rotatable bonds is 5. The molecule has 5 rings (SSSR count). The number of nitrogens with zero attached hydrogens (tertiary/aromatic N) is 3. The van der Waals surface area contributed by atoms with Crippen molar-refractivity contribution in [3.05, 3.63) is 76.2 Å². The maximum Gasteiger partial charge on any atom is 0.356 e. The minimum absolute atomic E-state index is 0.0685. The molecule has 1 fully saturated rings. The van der Waals surface area contributed by atoms with E-state index in [9.17, 15) is 9.59 Å². The Morgan fingerprint density at radius 3 is 2.84 bits per heavy atom. The van der Waals surface area contributed by atoms with Crippen LogP contribution >= 0.6 is 0 Å². The average Bonchev–Trinajstić information content (AvgIpc) is 3.22. The summed E-state index contributed by atoms with van der Waals surface area (Å²) in [7, 11) is 1.24. The first-order valence-electron chi connectivity index (χ1n) is 10.2. The first-order chi connectivity index (χ1) is 15.6. The third-order valence-corrected chi connectivity index (χ3v) is 5.34. The zero-order valence-electron chi connectivity index (χ0n) is 17.4. The zero-order chi connectivity index (χ0) is 22.1. The minimum atomic E-state index is -0.683. The molecule has 3 heterocycles. The predicted molar refractivity (Wildman–Crippen MR) is 116 cm³/mol. The van der Waals surface area contributed by atoms with Gasteiger partial charge in [0.1, 0.15) is 0 Å². The van der Waals surface area contributed by atoms with Crippen molar-refractivity contribution in [3.63, 3.8) is 0 Å². The molecule has 0 bridgehead atoms. The summed E-state index contributed by atoms with van der Waals surface area (Å²) in [5.41, 5.74) is 2.07. The van der Waals surface area contributed by atoms with Crippen molar-refractivity contribution >= 4 is 28.3 Å². The SMILES string of the molecule is COC(=O)c1cc(=O)n2oc3cccc(N4CCOC(OCc5ccccc5)C4)c3c2n1. The number of carbonyl (C=O) groups excluding carboxylic acids is 1. The van der Waals surface area contributed by atoms with E-state index in [1.807, 2.05) is 42.5 Å². The molecule has 0 saturated carbocycles. The Balaban J connectivity index is 1.49. The van der Waals surface area contributed by atoms with Gasteiger partial charge in [-0.05, 0) is 17.7 Å². The van der Waals surface area contributed by atoms with Gasteiger partial charge in [-0.3, -0.25) is 4.79 Å². The van der Waals surface area contributed by atoms with Gasteiger partial charge in [0.25, 0.3) is 5.56 Å². The maximum absolute atomic E-state index is 12.5. The van der Waals surface area contributed by atoms with Gasteiger partial charge in [0.15, 0.2) is 23.2 Å². The monoisotopic (exact) mass is 435 g/mol. The van der Waals surface area contributed by atoms with E-state index >= 15 is 0 Å². The second-order valence-corrected chi connectivity index (χ2v) is 7.37. The summed E-state index contributed by atoms with van der Waals surface area (Å²) in [5, 5.41) is 0.638. The van der Waals surface area contributed by atoms with Gasteiger partial charge in [-0.2, -0.15) is 0 Å². The fourth-order valence-corrected chi connectivity index (χ4v) is 3.81. The molecule has 1 atom stereocenters. The van der Waals surface area contributed by atoms with Crippen molar-refractivity contribution in [2.75, 3.05) is 31.7 Å². The number of benzene rings is 2. The van der Waals surface area contributed by atoms with Crippen molar-refractivity contribution in [1.82, 2.24) is 9.56 Å². The molecule has 32 heavy (non-hydrogen) atoms. The summed E-state index contributed by atoms with van der Waals surface area (Å²) in [6, 6.07) is 16.5. The molecule has 0 spiro atoms. The van der Waals surface area contributed by atoms with E-state index in [0.29, 0.717) is 37.3 Å². The molecule has 1 saturated heterocycles. The summed E-state index contributed by atoms with van der Waals surface area (Å²) >= 11 is 0. The smallest absolute Gasteiger partial charge is 0.356 e. The van der Waals surface area contributed by atoms with Gasteiger partial charge in [0, 0.05) is 12.6 Å². The van der Waals surface area contributed by atoms with Crippen molar-refractivity contribution in [1.29, 1.82) is 0 Å². The fourth-order valence-electron chi connectivity index (χ4n) is 3.81. The summed E-state index contributed by atoms with van der Waals surface area (Å²) in [5.74, 6) is -0.683. The number of ether oxygens (including phenoxy) is 3. The molecular formula is C23H21N3O6. The average molecular weight is 435 g/mol. The topological polar surface area (TPSA) is 95.5 Å². The van der Waals surface area contributed by atoms with Crippen LogP contribution in [0.1, 0.15) is 16.1 Å². The maximum atomic E-state index is 12.5. The number of fused-ring (bicyclic) bond motifs is 3. The van der Waals surface area contributed by atoms with Gasteiger partial charge in [-0.1, -0.05) is 36.4 Å². The highest BCUT2D eigenvalue weighted by atomic mass is 16.7. The summed E-state index contributed by atoms with van der Waals surface area (Å²) in [6.45, 7) is 2.04. The Bertz CT molecular complexity index is 1330. The van der Waals surface area contributed by atoms with Gasteiger partial charge in [0.2, 0.25) is 0 Å². The number of carbonyl (C=O) groups is 1. The third kappa shape index (κ3) is 3.72. The summed E-state index contributed by atoms with van der Waals surface area (Å²) in [4.78, 5) is 31.0. The van der Waals surface area contributed by atoms with E-state index < -0.39 is 17.8 Å². The predicted octanol–water partition coefficient (Wildman–Crippen LogP) is 2.61. The first-order valence-corrected chi connectivity index (χ1v) is 10.2. The quantitative estimate of drug-likeness (QED) is 0.442. The Hall–Kier alpha value is -3.69. The number of aromatic nitrogens is 2. The third-order valence-electron chi connectivity index (χ3n) is 5.34. The lowest BCUT2D eigenvalue weighted by molar-refractivity contribution is -0.153. The summed E-state index contributed by atoms with van der Waals surface area (Å²) in [6.07, 6.45) is -0.418. The van der Waals surface area contributed by atoms with Crippen LogP contribution in [0.25, 0.3) is 16.6 Å². The highest BCUT2D eigenvalue weighted by molar-refractivity contribution is 6.02. The van der Waals surface area contributed by atoms with Crippen LogP contribution in [0.4, 0.5) is 5.69 Å². The van der Waals surface area contributed by atoms with Crippen molar-refractivity contribution in [2.45, 2.75) is 12.9 Å². The second-order valence-electron chi connectivity index (χ2n) is 7.37. The molecule has 9 heteroatoms.